The molecule has 2 aromatic carbocycles. The summed E-state index contributed by atoms with van der Waals surface area (Å²) in [5, 5.41) is 14.6. The zero-order chi connectivity index (χ0) is 24.1. The Labute approximate surface area is 198 Å². The summed E-state index contributed by atoms with van der Waals surface area (Å²) in [4.78, 5) is 14.7. The Balaban J connectivity index is 1.51. The second-order valence-electron chi connectivity index (χ2n) is 7.66. The number of piperidine rings is 1. The number of tetrazole rings is 1. The summed E-state index contributed by atoms with van der Waals surface area (Å²) < 4.78 is 46.7. The van der Waals surface area contributed by atoms with Crippen LogP contribution < -0.4 is 15.0 Å². The first-order chi connectivity index (χ1) is 16.4. The summed E-state index contributed by atoms with van der Waals surface area (Å²) in [6.45, 7) is 1.47. The average Bonchev–Trinajstić information content (AvgIpc) is 3.31. The van der Waals surface area contributed by atoms with Crippen molar-refractivity contribution in [2.45, 2.75) is 30.6 Å². The summed E-state index contributed by atoms with van der Waals surface area (Å²) in [6, 6.07) is 10.6. The van der Waals surface area contributed by atoms with Gasteiger partial charge in [0.1, 0.15) is 11.4 Å². The Hall–Kier alpha value is -3.28. The number of ether oxygens (including phenoxy) is 1. The molecule has 1 aromatic heterocycles. The van der Waals surface area contributed by atoms with Crippen LogP contribution in [-0.4, -0.2) is 52.1 Å². The van der Waals surface area contributed by atoms with Gasteiger partial charge in [-0.1, -0.05) is 23.9 Å². The number of aromatic nitrogens is 4. The first-order valence-electron chi connectivity index (χ1n) is 10.7. The van der Waals surface area contributed by atoms with Crippen molar-refractivity contribution in [1.29, 1.82) is 0 Å². The lowest BCUT2D eigenvalue weighted by molar-refractivity contribution is -0.137. The van der Waals surface area contributed by atoms with Gasteiger partial charge in [-0.15, -0.1) is 5.10 Å². The molecule has 8 nitrogen and oxygen atoms in total. The van der Waals surface area contributed by atoms with E-state index in [4.69, 9.17) is 4.74 Å². The van der Waals surface area contributed by atoms with Crippen molar-refractivity contribution in [2.75, 3.05) is 36.2 Å². The number of rotatable bonds is 7. The highest BCUT2D eigenvalue weighted by atomic mass is 32.2. The van der Waals surface area contributed by atoms with Crippen LogP contribution in [0.2, 0.25) is 0 Å². The topological polar surface area (TPSA) is 85.2 Å². The molecule has 0 spiro atoms. The van der Waals surface area contributed by atoms with E-state index in [1.165, 1.54) is 17.9 Å². The highest BCUT2D eigenvalue weighted by Gasteiger charge is 2.32. The lowest BCUT2D eigenvalue weighted by atomic mass is 10.1. The molecule has 1 aliphatic rings. The lowest BCUT2D eigenvalue weighted by Crippen LogP contribution is -2.30. The van der Waals surface area contributed by atoms with E-state index in [1.807, 2.05) is 11.0 Å². The molecule has 0 aliphatic carbocycles. The van der Waals surface area contributed by atoms with Crippen LogP contribution in [0.3, 0.4) is 0 Å². The molecule has 0 unspecified atom stereocenters. The first kappa shape index (κ1) is 23.9. The minimum atomic E-state index is -4.51. The van der Waals surface area contributed by atoms with Gasteiger partial charge in [-0.3, -0.25) is 4.79 Å². The highest BCUT2D eigenvalue weighted by Crippen LogP contribution is 2.36. The Morgan fingerprint density at radius 3 is 2.62 bits per heavy atom. The molecule has 1 saturated heterocycles. The third kappa shape index (κ3) is 5.44. The van der Waals surface area contributed by atoms with Crippen LogP contribution in [0.15, 0.2) is 47.6 Å². The van der Waals surface area contributed by atoms with Crippen LogP contribution in [-0.2, 0) is 11.0 Å². The van der Waals surface area contributed by atoms with Crippen molar-refractivity contribution in [2.24, 2.45) is 0 Å². The second kappa shape index (κ2) is 10.3. The maximum absolute atomic E-state index is 13.3. The average molecular weight is 493 g/mol. The van der Waals surface area contributed by atoms with Crippen molar-refractivity contribution in [3.8, 4) is 11.4 Å². The summed E-state index contributed by atoms with van der Waals surface area (Å²) in [5.74, 6) is -0.000944. The highest BCUT2D eigenvalue weighted by molar-refractivity contribution is 7.99. The Morgan fingerprint density at radius 1 is 1.12 bits per heavy atom. The van der Waals surface area contributed by atoms with Gasteiger partial charge in [0.05, 0.1) is 29.8 Å². The van der Waals surface area contributed by atoms with Crippen LogP contribution in [0.5, 0.6) is 5.75 Å². The molecule has 2 heterocycles. The number of carbonyl (C=O) groups excluding carboxylic acids is 1. The number of carbonyl (C=O) groups is 1. The number of hydrogen-bond donors (Lipinski definition) is 1. The van der Waals surface area contributed by atoms with Gasteiger partial charge in [0.2, 0.25) is 11.1 Å². The molecule has 1 amide bonds. The largest absolute Gasteiger partial charge is 0.494 e. The molecular weight excluding hydrogens is 469 g/mol. The molecule has 1 aliphatic heterocycles. The van der Waals surface area contributed by atoms with E-state index < -0.39 is 17.6 Å². The fraction of sp³-hybridized carbons (Fsp3) is 0.364. The monoisotopic (exact) mass is 492 g/mol. The molecule has 1 fully saturated rings. The molecule has 34 heavy (non-hydrogen) atoms. The number of thioether (sulfide) groups is 1. The van der Waals surface area contributed by atoms with Crippen LogP contribution >= 0.6 is 11.8 Å². The molecule has 0 saturated carbocycles. The molecule has 180 valence electrons. The summed E-state index contributed by atoms with van der Waals surface area (Å²) in [6.07, 6.45) is -1.52. The van der Waals surface area contributed by atoms with Crippen molar-refractivity contribution < 1.29 is 22.7 Å². The number of hydrogen-bond acceptors (Lipinski definition) is 7. The van der Waals surface area contributed by atoms with Crippen molar-refractivity contribution in [1.82, 2.24) is 20.2 Å². The zero-order valence-electron chi connectivity index (χ0n) is 18.4. The van der Waals surface area contributed by atoms with E-state index in [2.05, 4.69) is 20.8 Å². The predicted octanol–water partition coefficient (Wildman–Crippen LogP) is 4.41. The van der Waals surface area contributed by atoms with Gasteiger partial charge in [0, 0.05) is 13.1 Å². The third-order valence-electron chi connectivity index (χ3n) is 5.38. The van der Waals surface area contributed by atoms with Gasteiger partial charge in [0.15, 0.2) is 0 Å². The number of methoxy groups -OCH3 is 1. The van der Waals surface area contributed by atoms with Crippen molar-refractivity contribution >= 4 is 29.0 Å². The van der Waals surface area contributed by atoms with E-state index >= 15 is 0 Å². The van der Waals surface area contributed by atoms with Crippen LogP contribution in [0.1, 0.15) is 24.8 Å². The first-order valence-corrected chi connectivity index (χ1v) is 11.7. The molecule has 0 bridgehead atoms. The number of anilines is 2. The Morgan fingerprint density at radius 2 is 1.88 bits per heavy atom. The van der Waals surface area contributed by atoms with Gasteiger partial charge < -0.3 is 15.0 Å². The normalized spacial score (nSPS) is 14.2. The quantitative estimate of drug-likeness (QED) is 0.489. The van der Waals surface area contributed by atoms with E-state index in [1.54, 1.807) is 18.2 Å². The maximum Gasteiger partial charge on any atom is 0.416 e. The number of nitrogens with one attached hydrogen (secondary N) is 1. The number of nitrogens with zero attached hydrogens (tertiary/aromatic N) is 5. The number of alkyl halides is 3. The summed E-state index contributed by atoms with van der Waals surface area (Å²) >= 11 is 1.07. The fourth-order valence-corrected chi connectivity index (χ4v) is 4.45. The Kier molecular flexibility index (Phi) is 7.25. The minimum absolute atomic E-state index is 0.0921. The number of halogens is 3. The third-order valence-corrected chi connectivity index (χ3v) is 6.30. The predicted molar refractivity (Wildman–Crippen MR) is 123 cm³/mol. The number of benzene rings is 2. The van der Waals surface area contributed by atoms with E-state index in [-0.39, 0.29) is 11.4 Å². The van der Waals surface area contributed by atoms with Crippen LogP contribution in [0, 0.1) is 0 Å². The van der Waals surface area contributed by atoms with E-state index in [0.29, 0.717) is 22.3 Å². The van der Waals surface area contributed by atoms with Crippen molar-refractivity contribution in [3.05, 3.63) is 48.0 Å². The maximum atomic E-state index is 13.3. The van der Waals surface area contributed by atoms with Gasteiger partial charge in [-0.05, 0) is 60.0 Å². The SMILES string of the molecule is COc1ccccc1-n1nnnc1SCC(=O)Nc1cc(C(F)(F)F)ccc1N1CCCCC1. The summed E-state index contributed by atoms with van der Waals surface area (Å²) in [5.41, 5.74) is 0.524. The second-order valence-corrected chi connectivity index (χ2v) is 8.60. The smallest absolute Gasteiger partial charge is 0.416 e. The van der Waals surface area contributed by atoms with Crippen LogP contribution in [0.4, 0.5) is 24.5 Å². The standard InChI is InChI=1S/C22H23F3N6O2S/c1-33-19-8-4-3-7-18(19)31-21(27-28-29-31)34-14-20(32)26-16-13-15(22(23,24)25)9-10-17(16)30-11-5-2-6-12-30/h3-4,7-10,13H,2,5-6,11-12,14H2,1H3,(H,26,32). The van der Waals surface area contributed by atoms with Gasteiger partial charge >= 0.3 is 6.18 Å². The molecule has 4 rings (SSSR count). The molecule has 1 N–H and O–H groups in total. The van der Waals surface area contributed by atoms with Crippen molar-refractivity contribution in [3.63, 3.8) is 0 Å². The lowest BCUT2D eigenvalue weighted by Gasteiger charge is -2.31. The van der Waals surface area contributed by atoms with E-state index in [0.717, 1.165) is 56.2 Å². The summed E-state index contributed by atoms with van der Waals surface area (Å²) in [7, 11) is 1.53. The molecular formula is C22H23F3N6O2S. The van der Waals surface area contributed by atoms with Crippen LogP contribution in [0.25, 0.3) is 5.69 Å². The Bertz CT molecular complexity index is 1150. The van der Waals surface area contributed by atoms with E-state index in [9.17, 15) is 18.0 Å². The van der Waals surface area contributed by atoms with Gasteiger partial charge in [0.25, 0.3) is 0 Å². The number of para-hydroxylation sites is 2. The molecule has 0 atom stereocenters. The number of amides is 1. The minimum Gasteiger partial charge on any atom is -0.494 e. The molecule has 12 heteroatoms. The fourth-order valence-electron chi connectivity index (χ4n) is 3.76. The van der Waals surface area contributed by atoms with Gasteiger partial charge in [-0.25, -0.2) is 0 Å². The molecule has 3 aromatic rings. The zero-order valence-corrected chi connectivity index (χ0v) is 19.2. The van der Waals surface area contributed by atoms with Gasteiger partial charge in [-0.2, -0.15) is 17.9 Å². The molecule has 0 radical (unpaired) electrons.